The highest BCUT2D eigenvalue weighted by Gasteiger charge is 1.95. The molecule has 0 atom stereocenters. The predicted molar refractivity (Wildman–Crippen MR) is 63.1 cm³/mol. The first-order valence-electron chi connectivity index (χ1n) is 5.14. The Bertz CT molecular complexity index is 299. The molecule has 2 nitrogen and oxygen atoms in total. The molecule has 1 aromatic rings. The molecule has 0 spiro atoms. The molecule has 0 unspecified atom stereocenters. The van der Waals surface area contributed by atoms with E-state index in [0.717, 1.165) is 11.3 Å². The average Bonchev–Trinajstić information content (AvgIpc) is 2.20. The minimum absolute atomic E-state index is 0.222. The molecule has 0 aromatic heterocycles. The minimum Gasteiger partial charge on any atom is -0.491 e. The van der Waals surface area contributed by atoms with Crippen LogP contribution in [0.15, 0.2) is 30.3 Å². The van der Waals surface area contributed by atoms with Gasteiger partial charge in [0.2, 0.25) is 0 Å². The van der Waals surface area contributed by atoms with Gasteiger partial charge in [-0.2, -0.15) is 0 Å². The molecule has 0 fully saturated rings. The van der Waals surface area contributed by atoms with Crippen molar-refractivity contribution < 1.29 is 9.47 Å². The summed E-state index contributed by atoms with van der Waals surface area (Å²) in [6.07, 6.45) is 4.24. The van der Waals surface area contributed by atoms with Crippen LogP contribution in [-0.4, -0.2) is 19.8 Å². The first kappa shape index (κ1) is 11.8. The number of benzene rings is 1. The lowest BCUT2D eigenvalue weighted by molar-refractivity contribution is 0.234. The van der Waals surface area contributed by atoms with Gasteiger partial charge in [0.1, 0.15) is 5.75 Å². The summed E-state index contributed by atoms with van der Waals surface area (Å²) in [6, 6.07) is 8.02. The second kappa shape index (κ2) is 6.25. The van der Waals surface area contributed by atoms with E-state index in [0.29, 0.717) is 6.61 Å². The average molecular weight is 206 g/mol. The third kappa shape index (κ3) is 4.66. The zero-order valence-electron chi connectivity index (χ0n) is 9.57. The summed E-state index contributed by atoms with van der Waals surface area (Å²) >= 11 is 0. The molecule has 0 saturated heterocycles. The summed E-state index contributed by atoms with van der Waals surface area (Å²) in [4.78, 5) is 0. The van der Waals surface area contributed by atoms with Crippen LogP contribution in [0.3, 0.4) is 0 Å². The lowest BCUT2D eigenvalue weighted by Crippen LogP contribution is -2.05. The maximum Gasteiger partial charge on any atom is 0.119 e. The molecule has 0 saturated carbocycles. The van der Waals surface area contributed by atoms with Crippen molar-refractivity contribution in [2.75, 3.05) is 13.7 Å². The van der Waals surface area contributed by atoms with Crippen molar-refractivity contribution in [3.63, 3.8) is 0 Å². The second-order valence-electron chi connectivity index (χ2n) is 3.59. The fourth-order valence-corrected chi connectivity index (χ4v) is 1.21. The van der Waals surface area contributed by atoms with Crippen molar-refractivity contribution in [3.05, 3.63) is 35.9 Å². The van der Waals surface area contributed by atoms with E-state index in [1.165, 1.54) is 0 Å². The Morgan fingerprint density at radius 3 is 2.40 bits per heavy atom. The zero-order valence-corrected chi connectivity index (χ0v) is 9.57. The van der Waals surface area contributed by atoms with Gasteiger partial charge in [0.25, 0.3) is 0 Å². The Morgan fingerprint density at radius 1 is 1.20 bits per heavy atom. The largest absolute Gasteiger partial charge is 0.491 e. The van der Waals surface area contributed by atoms with Crippen molar-refractivity contribution in [1.82, 2.24) is 0 Å². The zero-order chi connectivity index (χ0) is 11.1. The van der Waals surface area contributed by atoms with E-state index < -0.39 is 0 Å². The van der Waals surface area contributed by atoms with Crippen LogP contribution in [0.5, 0.6) is 5.75 Å². The van der Waals surface area contributed by atoms with Gasteiger partial charge in [-0.25, -0.2) is 0 Å². The summed E-state index contributed by atoms with van der Waals surface area (Å²) in [6.45, 7) is 4.68. The van der Waals surface area contributed by atoms with E-state index in [-0.39, 0.29) is 6.10 Å². The molecule has 0 bridgehead atoms. The fraction of sp³-hybridized carbons (Fsp3) is 0.385. The van der Waals surface area contributed by atoms with Crippen molar-refractivity contribution in [3.8, 4) is 5.75 Å². The van der Waals surface area contributed by atoms with Crippen LogP contribution in [0.2, 0.25) is 0 Å². The van der Waals surface area contributed by atoms with Crippen molar-refractivity contribution >= 4 is 6.08 Å². The Balaban J connectivity index is 2.56. The molecule has 82 valence electrons. The van der Waals surface area contributed by atoms with Crippen LogP contribution in [0.1, 0.15) is 19.4 Å². The first-order valence-corrected chi connectivity index (χ1v) is 5.14. The third-order valence-electron chi connectivity index (χ3n) is 1.83. The highest BCUT2D eigenvalue weighted by Crippen LogP contribution is 2.14. The monoisotopic (exact) mass is 206 g/mol. The van der Waals surface area contributed by atoms with E-state index in [2.05, 4.69) is 0 Å². The summed E-state index contributed by atoms with van der Waals surface area (Å²) in [5.74, 6) is 0.911. The third-order valence-corrected chi connectivity index (χ3v) is 1.83. The Labute approximate surface area is 91.5 Å². The van der Waals surface area contributed by atoms with Gasteiger partial charge in [-0.1, -0.05) is 24.3 Å². The maximum atomic E-state index is 5.55. The molecule has 0 N–H and O–H groups in total. The van der Waals surface area contributed by atoms with Crippen molar-refractivity contribution in [1.29, 1.82) is 0 Å². The predicted octanol–water partition coefficient (Wildman–Crippen LogP) is 3.13. The first-order chi connectivity index (χ1) is 7.22. The minimum atomic E-state index is 0.222. The fourth-order valence-electron chi connectivity index (χ4n) is 1.21. The maximum absolute atomic E-state index is 5.55. The molecule has 0 radical (unpaired) electrons. The molecule has 0 aliphatic heterocycles. The SMILES string of the molecule is COC/C=C/c1ccc(OC(C)C)cc1. The smallest absolute Gasteiger partial charge is 0.119 e. The molecule has 1 rings (SSSR count). The van der Waals surface area contributed by atoms with Gasteiger partial charge in [0, 0.05) is 7.11 Å². The molecule has 0 aliphatic carbocycles. The summed E-state index contributed by atoms with van der Waals surface area (Å²) < 4.78 is 10.5. The molecule has 1 aromatic carbocycles. The van der Waals surface area contributed by atoms with Crippen LogP contribution in [0, 0.1) is 0 Å². The topological polar surface area (TPSA) is 18.5 Å². The molecular weight excluding hydrogens is 188 g/mol. The van der Waals surface area contributed by atoms with Gasteiger partial charge in [0.05, 0.1) is 12.7 Å². The Hall–Kier alpha value is -1.28. The van der Waals surface area contributed by atoms with E-state index >= 15 is 0 Å². The van der Waals surface area contributed by atoms with Crippen LogP contribution in [0.4, 0.5) is 0 Å². The van der Waals surface area contributed by atoms with E-state index in [4.69, 9.17) is 9.47 Å². The summed E-state index contributed by atoms with van der Waals surface area (Å²) in [5.41, 5.74) is 1.16. The van der Waals surface area contributed by atoms with Gasteiger partial charge in [-0.3, -0.25) is 0 Å². The van der Waals surface area contributed by atoms with E-state index in [1.807, 2.05) is 50.3 Å². The molecule has 0 amide bonds. The summed E-state index contributed by atoms with van der Waals surface area (Å²) in [7, 11) is 1.68. The van der Waals surface area contributed by atoms with Gasteiger partial charge in [-0.15, -0.1) is 0 Å². The molecule has 0 heterocycles. The highest BCUT2D eigenvalue weighted by atomic mass is 16.5. The van der Waals surface area contributed by atoms with Gasteiger partial charge in [0.15, 0.2) is 0 Å². The number of hydrogen-bond acceptors (Lipinski definition) is 2. The standard InChI is InChI=1S/C13H18O2/c1-11(2)15-13-8-6-12(7-9-13)5-4-10-14-3/h4-9,11H,10H2,1-3H3/b5-4+. The van der Waals surface area contributed by atoms with E-state index in [1.54, 1.807) is 7.11 Å². The number of hydrogen-bond donors (Lipinski definition) is 0. The number of rotatable bonds is 5. The number of ether oxygens (including phenoxy) is 2. The van der Waals surface area contributed by atoms with Crippen LogP contribution in [0.25, 0.3) is 6.08 Å². The van der Waals surface area contributed by atoms with Crippen molar-refractivity contribution in [2.24, 2.45) is 0 Å². The summed E-state index contributed by atoms with van der Waals surface area (Å²) in [5, 5.41) is 0. The Kier molecular flexibility index (Phi) is 4.91. The van der Waals surface area contributed by atoms with Crippen LogP contribution >= 0.6 is 0 Å². The van der Waals surface area contributed by atoms with Crippen LogP contribution in [-0.2, 0) is 4.74 Å². The molecule has 15 heavy (non-hydrogen) atoms. The van der Waals surface area contributed by atoms with Gasteiger partial charge in [-0.05, 0) is 31.5 Å². The van der Waals surface area contributed by atoms with Gasteiger partial charge < -0.3 is 9.47 Å². The molecular formula is C13H18O2. The lowest BCUT2D eigenvalue weighted by Gasteiger charge is -2.09. The molecule has 0 aliphatic rings. The second-order valence-corrected chi connectivity index (χ2v) is 3.59. The quantitative estimate of drug-likeness (QED) is 0.737. The number of methoxy groups -OCH3 is 1. The lowest BCUT2D eigenvalue weighted by atomic mass is 10.2. The normalized spacial score (nSPS) is 11.2. The van der Waals surface area contributed by atoms with E-state index in [9.17, 15) is 0 Å². The van der Waals surface area contributed by atoms with Crippen molar-refractivity contribution in [2.45, 2.75) is 20.0 Å². The highest BCUT2D eigenvalue weighted by molar-refractivity contribution is 5.50. The molecule has 2 heteroatoms. The Morgan fingerprint density at radius 2 is 1.87 bits per heavy atom. The van der Waals surface area contributed by atoms with Crippen LogP contribution < -0.4 is 4.74 Å². The van der Waals surface area contributed by atoms with Gasteiger partial charge >= 0.3 is 0 Å².